The zero-order chi connectivity index (χ0) is 20.8. The van der Waals surface area contributed by atoms with E-state index >= 15 is 0 Å². The lowest BCUT2D eigenvalue weighted by Gasteiger charge is -2.11. The number of carbonyl (C=O) groups excluding carboxylic acids is 4. The quantitative estimate of drug-likeness (QED) is 0.212. The highest BCUT2D eigenvalue weighted by Crippen LogP contribution is 2.07. The average Bonchev–Trinajstić information content (AvgIpc) is 2.66. The molecule has 0 aromatic heterocycles. The molecule has 27 heavy (non-hydrogen) atoms. The second-order valence-corrected chi connectivity index (χ2v) is 5.51. The van der Waals surface area contributed by atoms with Crippen molar-refractivity contribution < 1.29 is 43.2 Å². The maximum atomic E-state index is 11.6. The second-order valence-electron chi connectivity index (χ2n) is 5.51. The molecule has 0 amide bonds. The molecule has 1 N–H and O–H groups in total. The molecule has 0 radical (unpaired) electrons. The Labute approximate surface area is 157 Å². The van der Waals surface area contributed by atoms with Crippen LogP contribution in [0.1, 0.15) is 32.1 Å². The molecule has 152 valence electrons. The van der Waals surface area contributed by atoms with E-state index in [1.807, 2.05) is 0 Å². The molecule has 0 aliphatic rings. The Kier molecular flexibility index (Phi) is 12.2. The van der Waals surface area contributed by atoms with Crippen LogP contribution in [0.25, 0.3) is 0 Å². The van der Waals surface area contributed by atoms with E-state index in [2.05, 4.69) is 22.6 Å². The maximum absolute atomic E-state index is 11.6. The van der Waals surface area contributed by atoms with Crippen molar-refractivity contribution >= 4 is 23.9 Å². The van der Waals surface area contributed by atoms with Gasteiger partial charge < -0.3 is 24.1 Å². The Morgan fingerprint density at radius 1 is 0.852 bits per heavy atom. The summed E-state index contributed by atoms with van der Waals surface area (Å²) in [5.74, 6) is -2.81. The van der Waals surface area contributed by atoms with Crippen molar-refractivity contribution in [3.63, 3.8) is 0 Å². The maximum Gasteiger partial charge on any atom is 0.335 e. The highest BCUT2D eigenvalue weighted by molar-refractivity contribution is 5.87. The van der Waals surface area contributed by atoms with Crippen LogP contribution in [0.3, 0.4) is 0 Å². The number of carbonyl (C=O) groups is 4. The summed E-state index contributed by atoms with van der Waals surface area (Å²) in [6, 6.07) is 0. The number of esters is 4. The summed E-state index contributed by atoms with van der Waals surface area (Å²) in [5, 5.41) is 9.63. The fourth-order valence-electron chi connectivity index (χ4n) is 1.82. The van der Waals surface area contributed by atoms with Gasteiger partial charge in [-0.25, -0.2) is 14.4 Å². The summed E-state index contributed by atoms with van der Waals surface area (Å²) in [7, 11) is 2.47. The third-order valence-electron chi connectivity index (χ3n) is 3.33. The van der Waals surface area contributed by atoms with Crippen molar-refractivity contribution in [1.29, 1.82) is 0 Å². The molecular formula is C18H26O9. The van der Waals surface area contributed by atoms with Crippen molar-refractivity contribution in [2.45, 2.75) is 38.2 Å². The van der Waals surface area contributed by atoms with Crippen molar-refractivity contribution in [3.05, 3.63) is 24.3 Å². The van der Waals surface area contributed by atoms with Crippen molar-refractivity contribution in [2.75, 3.05) is 27.4 Å². The molecule has 0 saturated carbocycles. The second kappa shape index (κ2) is 13.5. The Morgan fingerprint density at radius 2 is 1.30 bits per heavy atom. The van der Waals surface area contributed by atoms with Crippen LogP contribution in [-0.2, 0) is 38.1 Å². The first-order valence-electron chi connectivity index (χ1n) is 8.25. The van der Waals surface area contributed by atoms with E-state index < -0.39 is 36.4 Å². The number of aliphatic hydroxyl groups excluding tert-OH is 1. The molecule has 0 spiro atoms. The fourth-order valence-corrected chi connectivity index (χ4v) is 1.82. The van der Waals surface area contributed by atoms with Gasteiger partial charge in [-0.2, -0.15) is 0 Å². The van der Waals surface area contributed by atoms with Crippen LogP contribution in [0.2, 0.25) is 0 Å². The first-order valence-corrected chi connectivity index (χ1v) is 8.25. The van der Waals surface area contributed by atoms with Gasteiger partial charge in [-0.3, -0.25) is 4.79 Å². The summed E-state index contributed by atoms with van der Waals surface area (Å²) in [6.07, 6.45) is -0.959. The van der Waals surface area contributed by atoms with Crippen molar-refractivity contribution in [3.8, 4) is 0 Å². The minimum Gasteiger partial charge on any atom is -0.466 e. The highest BCUT2D eigenvalue weighted by Gasteiger charge is 2.21. The molecule has 0 aliphatic carbocycles. The molecule has 0 saturated heterocycles. The zero-order valence-corrected chi connectivity index (χ0v) is 15.7. The number of hydrogen-bond acceptors (Lipinski definition) is 9. The van der Waals surface area contributed by atoms with Crippen LogP contribution in [0.15, 0.2) is 24.3 Å². The van der Waals surface area contributed by atoms with Gasteiger partial charge in [0.05, 0.1) is 33.9 Å². The minimum atomic E-state index is -1.65. The molecule has 9 heteroatoms. The van der Waals surface area contributed by atoms with Gasteiger partial charge in [0.1, 0.15) is 0 Å². The predicted molar refractivity (Wildman–Crippen MR) is 93.3 cm³/mol. The van der Waals surface area contributed by atoms with Crippen LogP contribution in [0.5, 0.6) is 0 Å². The molecular weight excluding hydrogens is 360 g/mol. The van der Waals surface area contributed by atoms with Gasteiger partial charge in [-0.1, -0.05) is 13.2 Å². The van der Waals surface area contributed by atoms with Crippen LogP contribution in [0.4, 0.5) is 0 Å². The first kappa shape index (κ1) is 24.3. The molecule has 0 aromatic rings. The smallest absolute Gasteiger partial charge is 0.335 e. The van der Waals surface area contributed by atoms with E-state index in [0.29, 0.717) is 19.3 Å². The van der Waals surface area contributed by atoms with E-state index in [4.69, 9.17) is 9.47 Å². The molecule has 0 bridgehead atoms. The SMILES string of the molecule is C=C(CCCOC(=O)CC(O)C(=O)OCCCC(=C)C(=O)OC)C(=O)OC. The van der Waals surface area contributed by atoms with E-state index in [-0.39, 0.29) is 30.8 Å². The molecule has 0 aliphatic heterocycles. The zero-order valence-electron chi connectivity index (χ0n) is 15.7. The topological polar surface area (TPSA) is 125 Å². The minimum absolute atomic E-state index is 0.00621. The van der Waals surface area contributed by atoms with Crippen molar-refractivity contribution in [1.82, 2.24) is 0 Å². The molecule has 1 atom stereocenters. The van der Waals surface area contributed by atoms with Gasteiger partial charge in [-0.05, 0) is 25.7 Å². The lowest BCUT2D eigenvalue weighted by atomic mass is 10.2. The van der Waals surface area contributed by atoms with Crippen molar-refractivity contribution in [2.24, 2.45) is 0 Å². The number of methoxy groups -OCH3 is 2. The summed E-state index contributed by atoms with van der Waals surface area (Å²) < 4.78 is 18.6. The Morgan fingerprint density at radius 3 is 1.74 bits per heavy atom. The van der Waals surface area contributed by atoms with Crippen LogP contribution in [-0.4, -0.2) is 62.5 Å². The monoisotopic (exact) mass is 386 g/mol. The van der Waals surface area contributed by atoms with Gasteiger partial charge in [0.15, 0.2) is 6.10 Å². The molecule has 1 unspecified atom stereocenters. The number of aliphatic hydroxyl groups is 1. The summed E-state index contributed by atoms with van der Waals surface area (Å²) in [4.78, 5) is 45.4. The Bertz CT molecular complexity index is 565. The van der Waals surface area contributed by atoms with Gasteiger partial charge in [0.2, 0.25) is 0 Å². The largest absolute Gasteiger partial charge is 0.466 e. The lowest BCUT2D eigenvalue weighted by molar-refractivity contribution is -0.160. The normalized spacial score (nSPS) is 11.1. The summed E-state index contributed by atoms with van der Waals surface area (Å²) in [6.45, 7) is 7.01. The van der Waals surface area contributed by atoms with E-state index in [1.165, 1.54) is 14.2 Å². The molecule has 0 fully saturated rings. The Hall–Kier alpha value is -2.68. The highest BCUT2D eigenvalue weighted by atomic mass is 16.6. The van der Waals surface area contributed by atoms with Crippen LogP contribution in [0, 0.1) is 0 Å². The van der Waals surface area contributed by atoms with Gasteiger partial charge >= 0.3 is 23.9 Å². The van der Waals surface area contributed by atoms with Gasteiger partial charge in [0.25, 0.3) is 0 Å². The fraction of sp³-hybridized carbons (Fsp3) is 0.556. The number of rotatable bonds is 13. The predicted octanol–water partition coefficient (Wildman–Crippen LogP) is 0.843. The lowest BCUT2D eigenvalue weighted by Crippen LogP contribution is -2.27. The van der Waals surface area contributed by atoms with Crippen LogP contribution < -0.4 is 0 Å². The Balaban J connectivity index is 3.93. The van der Waals surface area contributed by atoms with E-state index in [0.717, 1.165) is 0 Å². The third-order valence-corrected chi connectivity index (χ3v) is 3.33. The molecule has 9 nitrogen and oxygen atoms in total. The first-order chi connectivity index (χ1) is 12.7. The standard InChI is InChI=1S/C18H26O9/c1-12(16(21)24-3)7-5-9-26-15(20)11-14(19)18(23)27-10-6-8-13(2)17(22)25-4/h14,19H,1-2,5-11H2,3-4H3. The van der Waals surface area contributed by atoms with Crippen LogP contribution >= 0.6 is 0 Å². The van der Waals surface area contributed by atoms with E-state index in [9.17, 15) is 24.3 Å². The molecule has 0 rings (SSSR count). The summed E-state index contributed by atoms with van der Waals surface area (Å²) >= 11 is 0. The average molecular weight is 386 g/mol. The number of hydrogen-bond donors (Lipinski definition) is 1. The molecule has 0 aromatic carbocycles. The van der Waals surface area contributed by atoms with E-state index in [1.54, 1.807) is 0 Å². The summed E-state index contributed by atoms with van der Waals surface area (Å²) in [5.41, 5.74) is 0.500. The van der Waals surface area contributed by atoms with Gasteiger partial charge in [0, 0.05) is 11.1 Å². The third kappa shape index (κ3) is 10.8. The number of ether oxygens (including phenoxy) is 4. The molecule has 0 heterocycles. The van der Waals surface area contributed by atoms with Gasteiger partial charge in [-0.15, -0.1) is 0 Å².